The lowest BCUT2D eigenvalue weighted by molar-refractivity contribution is 0.114. The van der Waals surface area contributed by atoms with Gasteiger partial charge in [-0.3, -0.25) is 9.58 Å². The fourth-order valence-electron chi connectivity index (χ4n) is 3.57. The summed E-state index contributed by atoms with van der Waals surface area (Å²) in [4.78, 5) is 7.15. The average Bonchev–Trinajstić information content (AvgIpc) is 3.35. The van der Waals surface area contributed by atoms with Crippen LogP contribution in [0.15, 0.2) is 36.9 Å². The molecule has 0 aliphatic carbocycles. The average molecular weight is 325 g/mol. The van der Waals surface area contributed by atoms with Gasteiger partial charge in [0.15, 0.2) is 0 Å². The summed E-state index contributed by atoms with van der Waals surface area (Å²) in [6, 6.07) is 8.27. The van der Waals surface area contributed by atoms with Crippen molar-refractivity contribution in [3.63, 3.8) is 0 Å². The summed E-state index contributed by atoms with van der Waals surface area (Å²) in [6.45, 7) is 3.17. The van der Waals surface area contributed by atoms with Gasteiger partial charge in [0.2, 0.25) is 5.95 Å². The van der Waals surface area contributed by atoms with E-state index in [1.54, 1.807) is 12.7 Å². The number of nitrogens with zero attached hydrogens (tertiary/aromatic N) is 7. The van der Waals surface area contributed by atoms with Crippen LogP contribution in [0.3, 0.4) is 0 Å². The Morgan fingerprint density at radius 2 is 2.00 bits per heavy atom. The molecule has 0 N–H and O–H groups in total. The predicted molar refractivity (Wildman–Crippen MR) is 89.2 cm³/mol. The molecule has 5 rings (SSSR count). The number of anilines is 1. The Balaban J connectivity index is 1.55. The van der Waals surface area contributed by atoms with E-state index in [-0.39, 0.29) is 6.10 Å². The molecular formula is C16H19N7O. The molecule has 2 aliphatic heterocycles. The number of benzene rings is 1. The number of hydrogen-bond donors (Lipinski definition) is 0. The highest BCUT2D eigenvalue weighted by Crippen LogP contribution is 2.27. The van der Waals surface area contributed by atoms with Gasteiger partial charge in [-0.2, -0.15) is 0 Å². The zero-order valence-corrected chi connectivity index (χ0v) is 13.3. The van der Waals surface area contributed by atoms with Crippen molar-refractivity contribution in [3.05, 3.63) is 36.9 Å². The first-order chi connectivity index (χ1) is 11.9. The molecule has 1 atom stereocenters. The Kier molecular flexibility index (Phi) is 3.15. The molecule has 0 saturated carbocycles. The van der Waals surface area contributed by atoms with Crippen LogP contribution in [0.25, 0.3) is 11.0 Å². The topological polar surface area (TPSA) is 64.2 Å². The van der Waals surface area contributed by atoms with Gasteiger partial charge < -0.3 is 9.64 Å². The van der Waals surface area contributed by atoms with Gasteiger partial charge in [0.05, 0.1) is 17.1 Å². The zero-order chi connectivity index (χ0) is 15.9. The second-order valence-electron chi connectivity index (χ2n) is 6.32. The monoisotopic (exact) mass is 325 g/mol. The predicted octanol–water partition coefficient (Wildman–Crippen LogP) is 1.18. The molecule has 2 aromatic heterocycles. The zero-order valence-electron chi connectivity index (χ0n) is 13.3. The molecule has 1 fully saturated rings. The molecule has 3 aromatic rings. The number of para-hydroxylation sites is 2. The van der Waals surface area contributed by atoms with E-state index in [0.717, 1.165) is 56.3 Å². The molecule has 2 aliphatic rings. The first-order valence-electron chi connectivity index (χ1n) is 8.30. The molecule has 4 heterocycles. The number of aromatic nitrogens is 5. The summed E-state index contributed by atoms with van der Waals surface area (Å²) in [5.41, 5.74) is 2.16. The van der Waals surface area contributed by atoms with Gasteiger partial charge in [0.1, 0.15) is 26.0 Å². The van der Waals surface area contributed by atoms with Crippen molar-refractivity contribution in [1.82, 2.24) is 24.4 Å². The second-order valence-corrected chi connectivity index (χ2v) is 6.32. The van der Waals surface area contributed by atoms with Crippen molar-refractivity contribution < 1.29 is 4.74 Å². The van der Waals surface area contributed by atoms with Crippen LogP contribution in [0, 0.1) is 0 Å². The van der Waals surface area contributed by atoms with Crippen LogP contribution in [0.4, 0.5) is 5.95 Å². The highest BCUT2D eigenvalue weighted by Gasteiger charge is 2.29. The summed E-state index contributed by atoms with van der Waals surface area (Å²) >= 11 is 0. The van der Waals surface area contributed by atoms with E-state index >= 15 is 0 Å². The number of fused-ring (bicyclic) bond motifs is 3. The molecule has 0 unspecified atom stereocenters. The normalized spacial score (nSPS) is 20.8. The number of hydrogen-bond acceptors (Lipinski definition) is 6. The van der Waals surface area contributed by atoms with E-state index in [1.165, 1.54) is 0 Å². The van der Waals surface area contributed by atoms with Gasteiger partial charge >= 0.3 is 0 Å². The maximum absolute atomic E-state index is 5.84. The van der Waals surface area contributed by atoms with Crippen LogP contribution < -0.4 is 9.91 Å². The molecule has 0 bridgehead atoms. The lowest BCUT2D eigenvalue weighted by atomic mass is 10.2. The third-order valence-electron chi connectivity index (χ3n) is 4.74. The van der Waals surface area contributed by atoms with Crippen molar-refractivity contribution in [3.8, 4) is 0 Å². The van der Waals surface area contributed by atoms with Gasteiger partial charge in [-0.1, -0.05) is 12.1 Å². The summed E-state index contributed by atoms with van der Waals surface area (Å²) in [7, 11) is 0. The smallest absolute Gasteiger partial charge is 0.209 e. The van der Waals surface area contributed by atoms with Crippen LogP contribution in [-0.2, 0) is 11.4 Å². The number of rotatable bonds is 3. The SMILES string of the molecule is c1ccc2c(c1)nc1n2CN(n2cnnc2)CN1C[C@H]1CCCO1. The van der Waals surface area contributed by atoms with E-state index < -0.39 is 0 Å². The number of ether oxygens (including phenoxy) is 1. The third-order valence-corrected chi connectivity index (χ3v) is 4.74. The molecule has 124 valence electrons. The molecule has 1 saturated heterocycles. The number of imidazole rings is 1. The maximum atomic E-state index is 5.84. The van der Waals surface area contributed by atoms with Crippen LogP contribution >= 0.6 is 0 Å². The fraction of sp³-hybridized carbons (Fsp3) is 0.438. The van der Waals surface area contributed by atoms with Gasteiger partial charge in [0.25, 0.3) is 0 Å². The van der Waals surface area contributed by atoms with Crippen molar-refractivity contribution >= 4 is 17.0 Å². The minimum absolute atomic E-state index is 0.277. The molecule has 0 radical (unpaired) electrons. The third kappa shape index (κ3) is 2.22. The summed E-state index contributed by atoms with van der Waals surface area (Å²) in [6.07, 6.45) is 6.00. The molecule has 0 amide bonds. The summed E-state index contributed by atoms with van der Waals surface area (Å²) in [5, 5.41) is 10.1. The Bertz CT molecular complexity index is 837. The van der Waals surface area contributed by atoms with E-state index in [1.807, 2.05) is 10.7 Å². The fourth-order valence-corrected chi connectivity index (χ4v) is 3.57. The van der Waals surface area contributed by atoms with E-state index in [0.29, 0.717) is 0 Å². The first-order valence-corrected chi connectivity index (χ1v) is 8.30. The Morgan fingerprint density at radius 1 is 1.12 bits per heavy atom. The standard InChI is InChI=1S/C16H19N7O/c1-2-6-15-14(5-1)19-16-20(8-13-4-3-7-24-13)11-22(12-23(15)16)21-9-17-18-10-21/h1-2,5-6,9-10,13H,3-4,7-8,11-12H2/t13-/m1/s1. The van der Waals surface area contributed by atoms with Gasteiger partial charge in [-0.05, 0) is 25.0 Å². The second kappa shape index (κ2) is 5.48. The highest BCUT2D eigenvalue weighted by molar-refractivity contribution is 5.79. The molecule has 8 heteroatoms. The molecule has 0 spiro atoms. The highest BCUT2D eigenvalue weighted by atomic mass is 16.5. The molecule has 1 aromatic carbocycles. The summed E-state index contributed by atoms with van der Waals surface area (Å²) in [5.74, 6) is 1.01. The summed E-state index contributed by atoms with van der Waals surface area (Å²) < 4.78 is 10.0. The minimum atomic E-state index is 0.277. The molecule has 24 heavy (non-hydrogen) atoms. The minimum Gasteiger partial charge on any atom is -0.376 e. The van der Waals surface area contributed by atoms with Crippen LogP contribution in [0.1, 0.15) is 12.8 Å². The van der Waals surface area contributed by atoms with Crippen molar-refractivity contribution in [2.45, 2.75) is 25.6 Å². The quantitative estimate of drug-likeness (QED) is 0.720. The largest absolute Gasteiger partial charge is 0.376 e. The van der Waals surface area contributed by atoms with Gasteiger partial charge in [-0.25, -0.2) is 9.66 Å². The van der Waals surface area contributed by atoms with Crippen LogP contribution in [0.2, 0.25) is 0 Å². The lowest BCUT2D eigenvalue weighted by Gasteiger charge is -2.38. The van der Waals surface area contributed by atoms with Crippen molar-refractivity contribution in [2.24, 2.45) is 0 Å². The van der Waals surface area contributed by atoms with Gasteiger partial charge in [-0.15, -0.1) is 10.2 Å². The maximum Gasteiger partial charge on any atom is 0.209 e. The van der Waals surface area contributed by atoms with Crippen molar-refractivity contribution in [1.29, 1.82) is 0 Å². The van der Waals surface area contributed by atoms with Crippen LogP contribution in [0.5, 0.6) is 0 Å². The first kappa shape index (κ1) is 13.8. The van der Waals surface area contributed by atoms with E-state index in [2.05, 4.69) is 42.9 Å². The van der Waals surface area contributed by atoms with E-state index in [4.69, 9.17) is 9.72 Å². The van der Waals surface area contributed by atoms with Crippen molar-refractivity contribution in [2.75, 3.05) is 29.7 Å². The lowest BCUT2D eigenvalue weighted by Crippen LogP contribution is -2.51. The molecular weight excluding hydrogens is 306 g/mol. The van der Waals surface area contributed by atoms with Gasteiger partial charge in [0, 0.05) is 13.2 Å². The Labute approximate surface area is 139 Å². The Hall–Kier alpha value is -2.61. The Morgan fingerprint density at radius 3 is 2.83 bits per heavy atom. The van der Waals surface area contributed by atoms with E-state index in [9.17, 15) is 0 Å². The van der Waals surface area contributed by atoms with Crippen LogP contribution in [-0.4, -0.2) is 50.3 Å². The molecule has 8 nitrogen and oxygen atoms in total.